The lowest BCUT2D eigenvalue weighted by Crippen LogP contribution is -2.18. The number of benzene rings is 1. The average Bonchev–Trinajstić information content (AvgIpc) is 2.69. The van der Waals surface area contributed by atoms with Crippen molar-refractivity contribution < 1.29 is 13.9 Å². The highest BCUT2D eigenvalue weighted by Crippen LogP contribution is 2.12. The fraction of sp³-hybridized carbons (Fsp3) is 0.526. The number of aromatic nitrogens is 3. The molecular weight excluding hydrogens is 377 g/mol. The number of anilines is 3. The number of ether oxygens (including phenoxy) is 2. The summed E-state index contributed by atoms with van der Waals surface area (Å²) in [7, 11) is 0. The van der Waals surface area contributed by atoms with Crippen LogP contribution in [0.15, 0.2) is 24.3 Å². The minimum absolute atomic E-state index is 0.173. The van der Waals surface area contributed by atoms with Crippen molar-refractivity contribution in [3.05, 3.63) is 35.6 Å². The number of nitrogens with two attached hydrogens (primary N) is 1. The van der Waals surface area contributed by atoms with E-state index in [1.165, 1.54) is 12.1 Å². The predicted molar refractivity (Wildman–Crippen MR) is 111 cm³/mol. The van der Waals surface area contributed by atoms with E-state index in [0.29, 0.717) is 63.9 Å². The van der Waals surface area contributed by atoms with Crippen LogP contribution < -0.4 is 21.7 Å². The fourth-order valence-corrected chi connectivity index (χ4v) is 2.28. The molecule has 1 aromatic carbocycles. The second-order valence-electron chi connectivity index (χ2n) is 6.53. The Morgan fingerprint density at radius 1 is 0.897 bits per heavy atom. The Bertz CT molecular complexity index is 716. The highest BCUT2D eigenvalue weighted by Gasteiger charge is 2.08. The van der Waals surface area contributed by atoms with E-state index in [0.717, 1.165) is 5.56 Å². The summed E-state index contributed by atoms with van der Waals surface area (Å²) in [6, 6.07) is 6.44. The summed E-state index contributed by atoms with van der Waals surface area (Å²) in [5, 5.41) is 9.44. The Morgan fingerprint density at radius 3 is 2.17 bits per heavy atom. The van der Waals surface area contributed by atoms with Crippen LogP contribution in [0.25, 0.3) is 0 Å². The number of nitrogens with zero attached hydrogens (tertiary/aromatic N) is 3. The highest BCUT2D eigenvalue weighted by atomic mass is 19.1. The van der Waals surface area contributed by atoms with Gasteiger partial charge in [0, 0.05) is 25.7 Å². The van der Waals surface area contributed by atoms with Gasteiger partial charge < -0.3 is 31.2 Å². The summed E-state index contributed by atoms with van der Waals surface area (Å²) in [4.78, 5) is 13.1. The van der Waals surface area contributed by atoms with Gasteiger partial charge >= 0.3 is 0 Å². The van der Waals surface area contributed by atoms with E-state index < -0.39 is 0 Å². The topological polar surface area (TPSA) is 119 Å². The van der Waals surface area contributed by atoms with E-state index in [4.69, 9.17) is 15.2 Å². The van der Waals surface area contributed by atoms with Crippen molar-refractivity contribution in [2.75, 3.05) is 55.5 Å². The highest BCUT2D eigenvalue weighted by molar-refractivity contribution is 5.42. The van der Waals surface area contributed by atoms with E-state index >= 15 is 0 Å². The maximum absolute atomic E-state index is 13.0. The number of nitrogens with one attached hydrogen (secondary N) is 3. The number of halogens is 1. The molecule has 0 radical (unpaired) electrons. The molecular formula is C19H30FN7O2. The van der Waals surface area contributed by atoms with Crippen LogP contribution >= 0.6 is 0 Å². The maximum Gasteiger partial charge on any atom is 0.229 e. The minimum Gasteiger partial charge on any atom is -0.378 e. The van der Waals surface area contributed by atoms with Gasteiger partial charge in [0.1, 0.15) is 5.82 Å². The molecule has 5 N–H and O–H groups in total. The zero-order chi connectivity index (χ0) is 20.9. The molecule has 0 aliphatic carbocycles. The van der Waals surface area contributed by atoms with Crippen LogP contribution in [0, 0.1) is 5.82 Å². The quantitative estimate of drug-likeness (QED) is 0.348. The SMILES string of the molecule is CC(C)Nc1nc(NCCOCCOCCN)nc(NCc2ccc(F)cc2)n1. The lowest BCUT2D eigenvalue weighted by atomic mass is 10.2. The summed E-state index contributed by atoms with van der Waals surface area (Å²) < 4.78 is 23.8. The molecule has 0 atom stereocenters. The van der Waals surface area contributed by atoms with Crippen LogP contribution in [0.2, 0.25) is 0 Å². The van der Waals surface area contributed by atoms with Gasteiger partial charge in [0.25, 0.3) is 0 Å². The van der Waals surface area contributed by atoms with Crippen LogP contribution in [0.5, 0.6) is 0 Å². The Labute approximate surface area is 170 Å². The Kier molecular flexibility index (Phi) is 10.0. The monoisotopic (exact) mass is 407 g/mol. The van der Waals surface area contributed by atoms with Crippen molar-refractivity contribution in [1.82, 2.24) is 15.0 Å². The summed E-state index contributed by atoms with van der Waals surface area (Å²) in [5.41, 5.74) is 6.27. The largest absolute Gasteiger partial charge is 0.378 e. The molecule has 0 spiro atoms. The average molecular weight is 407 g/mol. The van der Waals surface area contributed by atoms with Crippen LogP contribution in [-0.2, 0) is 16.0 Å². The van der Waals surface area contributed by atoms with E-state index in [2.05, 4.69) is 30.9 Å². The van der Waals surface area contributed by atoms with Gasteiger partial charge in [-0.05, 0) is 31.5 Å². The van der Waals surface area contributed by atoms with E-state index in [1.807, 2.05) is 13.8 Å². The molecule has 1 aromatic heterocycles. The molecule has 0 saturated heterocycles. The first-order chi connectivity index (χ1) is 14.1. The molecule has 0 unspecified atom stereocenters. The number of rotatable bonds is 14. The van der Waals surface area contributed by atoms with Crippen molar-refractivity contribution >= 4 is 17.8 Å². The molecule has 160 valence electrons. The van der Waals surface area contributed by atoms with E-state index in [9.17, 15) is 4.39 Å². The molecule has 10 heteroatoms. The van der Waals surface area contributed by atoms with Crippen LogP contribution in [0.3, 0.4) is 0 Å². The van der Waals surface area contributed by atoms with Crippen LogP contribution in [0.1, 0.15) is 19.4 Å². The lowest BCUT2D eigenvalue weighted by molar-refractivity contribution is 0.0547. The van der Waals surface area contributed by atoms with Gasteiger partial charge in [0.2, 0.25) is 17.8 Å². The second kappa shape index (κ2) is 12.8. The molecule has 29 heavy (non-hydrogen) atoms. The van der Waals surface area contributed by atoms with Crippen molar-refractivity contribution in [2.45, 2.75) is 26.4 Å². The molecule has 2 aromatic rings. The van der Waals surface area contributed by atoms with Gasteiger partial charge in [0.15, 0.2) is 0 Å². The van der Waals surface area contributed by atoms with Gasteiger partial charge in [0.05, 0.1) is 26.4 Å². The van der Waals surface area contributed by atoms with E-state index in [-0.39, 0.29) is 11.9 Å². The first kappa shape index (κ1) is 22.7. The minimum atomic E-state index is -0.267. The number of hydrogen-bond acceptors (Lipinski definition) is 9. The third kappa shape index (κ3) is 9.46. The van der Waals surface area contributed by atoms with Gasteiger partial charge in [-0.25, -0.2) is 4.39 Å². The Hall–Kier alpha value is -2.56. The normalized spacial score (nSPS) is 10.9. The predicted octanol–water partition coefficient (Wildman–Crippen LogP) is 1.85. The van der Waals surface area contributed by atoms with Crippen molar-refractivity contribution in [2.24, 2.45) is 5.73 Å². The van der Waals surface area contributed by atoms with Crippen molar-refractivity contribution in [1.29, 1.82) is 0 Å². The molecule has 0 saturated carbocycles. The first-order valence-corrected chi connectivity index (χ1v) is 9.67. The van der Waals surface area contributed by atoms with Crippen molar-refractivity contribution in [3.63, 3.8) is 0 Å². The molecule has 9 nitrogen and oxygen atoms in total. The summed E-state index contributed by atoms with van der Waals surface area (Å²) >= 11 is 0. The van der Waals surface area contributed by atoms with Gasteiger partial charge in [-0.3, -0.25) is 0 Å². The molecule has 2 rings (SSSR count). The first-order valence-electron chi connectivity index (χ1n) is 9.67. The standard InChI is InChI=1S/C19H30FN7O2/c1-14(2)24-19-26-17(22-8-10-29-12-11-28-9-7-21)25-18(27-19)23-13-15-3-5-16(20)6-4-15/h3-6,14H,7-13,21H2,1-2H3,(H3,22,23,24,25,26,27). The lowest BCUT2D eigenvalue weighted by Gasteiger charge is -2.13. The molecule has 0 aliphatic rings. The molecule has 1 heterocycles. The van der Waals surface area contributed by atoms with Crippen LogP contribution in [-0.4, -0.2) is 60.5 Å². The molecule has 0 bridgehead atoms. The van der Waals surface area contributed by atoms with E-state index in [1.54, 1.807) is 12.1 Å². The van der Waals surface area contributed by atoms with Crippen LogP contribution in [0.4, 0.5) is 22.2 Å². The maximum atomic E-state index is 13.0. The zero-order valence-electron chi connectivity index (χ0n) is 16.9. The second-order valence-corrected chi connectivity index (χ2v) is 6.53. The van der Waals surface area contributed by atoms with Gasteiger partial charge in [-0.2, -0.15) is 15.0 Å². The smallest absolute Gasteiger partial charge is 0.229 e. The molecule has 0 fully saturated rings. The molecule has 0 aliphatic heterocycles. The summed E-state index contributed by atoms with van der Waals surface area (Å²) in [6.45, 7) is 7.56. The number of hydrogen-bond donors (Lipinski definition) is 4. The third-order valence-electron chi connectivity index (χ3n) is 3.58. The molecule has 0 amide bonds. The van der Waals surface area contributed by atoms with Crippen molar-refractivity contribution in [3.8, 4) is 0 Å². The fourth-order valence-electron chi connectivity index (χ4n) is 2.28. The summed E-state index contributed by atoms with van der Waals surface area (Å²) in [6.07, 6.45) is 0. The Balaban J connectivity index is 1.87. The van der Waals surface area contributed by atoms with Gasteiger partial charge in [-0.1, -0.05) is 12.1 Å². The third-order valence-corrected chi connectivity index (χ3v) is 3.58. The summed E-state index contributed by atoms with van der Waals surface area (Å²) in [5.74, 6) is 1.06. The Morgan fingerprint density at radius 2 is 1.52 bits per heavy atom. The zero-order valence-corrected chi connectivity index (χ0v) is 16.9. The van der Waals surface area contributed by atoms with Gasteiger partial charge in [-0.15, -0.1) is 0 Å².